The van der Waals surface area contributed by atoms with Crippen molar-refractivity contribution in [2.45, 2.75) is 44.3 Å². The molecule has 1 amide bonds. The lowest BCUT2D eigenvalue weighted by Gasteiger charge is -2.39. The van der Waals surface area contributed by atoms with Crippen LogP contribution in [0, 0.1) is 11.8 Å². The van der Waals surface area contributed by atoms with Crippen LogP contribution >= 0.6 is 0 Å². The predicted octanol–water partition coefficient (Wildman–Crippen LogP) is -2.02. The first-order chi connectivity index (χ1) is 11.3. The zero-order valence-electron chi connectivity index (χ0n) is 13.3. The molecule has 0 unspecified atom stereocenters. The molecule has 9 heteroatoms. The number of aliphatic hydroxyl groups excluding tert-OH is 3. The zero-order chi connectivity index (χ0) is 18.3. The molecule has 0 radical (unpaired) electrons. The van der Waals surface area contributed by atoms with Gasteiger partial charge in [0.1, 0.15) is 24.9 Å². The van der Waals surface area contributed by atoms with Gasteiger partial charge in [-0.3, -0.25) is 4.79 Å². The summed E-state index contributed by atoms with van der Waals surface area (Å²) in [6.07, 6.45) is -4.39. The number of carboxylic acids is 1. The van der Waals surface area contributed by atoms with E-state index in [0.29, 0.717) is 0 Å². The van der Waals surface area contributed by atoms with Crippen LogP contribution in [0.3, 0.4) is 0 Å². The number of carbonyl (C=O) groups excluding carboxylic acids is 1. The summed E-state index contributed by atoms with van der Waals surface area (Å²) >= 11 is 0. The summed E-state index contributed by atoms with van der Waals surface area (Å²) in [6, 6.07) is -0.986. The number of carbonyl (C=O) groups is 2. The maximum absolute atomic E-state index is 11.4. The Kier molecular flexibility index (Phi) is 7.67. The highest BCUT2D eigenvalue weighted by Crippen LogP contribution is 2.24. The summed E-state index contributed by atoms with van der Waals surface area (Å²) in [5, 5.41) is 40.4. The van der Waals surface area contributed by atoms with Gasteiger partial charge in [0.05, 0.1) is 12.6 Å². The number of rotatable bonds is 7. The number of carboxylic acid groups (broad SMARTS) is 1. The van der Waals surface area contributed by atoms with Crippen LogP contribution in [0.1, 0.15) is 13.8 Å². The third-order valence-electron chi connectivity index (χ3n) is 3.31. The fourth-order valence-corrected chi connectivity index (χ4v) is 2.19. The summed E-state index contributed by atoms with van der Waals surface area (Å²) in [5.74, 6) is 2.87. The van der Waals surface area contributed by atoms with Gasteiger partial charge in [-0.1, -0.05) is 5.92 Å². The topological polar surface area (TPSA) is 146 Å². The molecule has 1 heterocycles. The fraction of sp³-hybridized carbons (Fsp3) is 0.600. The molecule has 0 saturated heterocycles. The van der Waals surface area contributed by atoms with Crippen LogP contribution in [0.15, 0.2) is 11.8 Å². The Labute approximate surface area is 138 Å². The first-order valence-electron chi connectivity index (χ1n) is 7.18. The van der Waals surface area contributed by atoms with Crippen molar-refractivity contribution in [2.75, 3.05) is 13.2 Å². The molecule has 0 aromatic carbocycles. The second kappa shape index (κ2) is 9.24. The molecule has 5 N–H and O–H groups in total. The molecule has 9 nitrogen and oxygen atoms in total. The molecule has 0 fully saturated rings. The third kappa shape index (κ3) is 5.21. The highest BCUT2D eigenvalue weighted by atomic mass is 16.5. The molecular formula is C15H21NO8. The number of aliphatic hydroxyl groups is 3. The van der Waals surface area contributed by atoms with Crippen molar-refractivity contribution >= 4 is 11.9 Å². The van der Waals surface area contributed by atoms with Crippen LogP contribution in [0.25, 0.3) is 0 Å². The summed E-state index contributed by atoms with van der Waals surface area (Å²) in [5.41, 5.74) is 0. The minimum Gasteiger partial charge on any atom is -0.478 e. The van der Waals surface area contributed by atoms with Crippen LogP contribution < -0.4 is 5.32 Å². The van der Waals surface area contributed by atoms with Gasteiger partial charge in [-0.2, -0.15) is 0 Å². The van der Waals surface area contributed by atoms with Gasteiger partial charge in [0.15, 0.2) is 6.10 Å². The van der Waals surface area contributed by atoms with Crippen molar-refractivity contribution in [1.29, 1.82) is 0 Å². The molecule has 5 atom stereocenters. The molecule has 0 aromatic heterocycles. The first kappa shape index (κ1) is 19.9. The van der Waals surface area contributed by atoms with Crippen LogP contribution in [0.2, 0.25) is 0 Å². The molecule has 1 aliphatic rings. The Balaban J connectivity index is 3.16. The standard InChI is InChI=1S/C15H21NO8/c1-3-4-5-23-10-6-11(15(21)22)24-14(12(10)16-8(2)18)13(20)9(19)7-17/h6,9-10,12-14,17,19-20H,5,7H2,1-2H3,(H,16,18)(H,21,22)/t9-,10+,12-,13-,14-/m1/s1. The second-order valence-electron chi connectivity index (χ2n) is 5.09. The van der Waals surface area contributed by atoms with Gasteiger partial charge in [0.25, 0.3) is 0 Å². The van der Waals surface area contributed by atoms with E-state index in [1.807, 2.05) is 0 Å². The van der Waals surface area contributed by atoms with E-state index in [4.69, 9.17) is 19.7 Å². The third-order valence-corrected chi connectivity index (χ3v) is 3.31. The molecule has 0 bridgehead atoms. The van der Waals surface area contributed by atoms with Gasteiger partial charge in [-0.25, -0.2) is 4.79 Å². The summed E-state index contributed by atoms with van der Waals surface area (Å²) < 4.78 is 10.6. The van der Waals surface area contributed by atoms with Crippen LogP contribution in [0.5, 0.6) is 0 Å². The number of ether oxygens (including phenoxy) is 2. The van der Waals surface area contributed by atoms with Crippen molar-refractivity contribution in [2.24, 2.45) is 0 Å². The Hall–Kier alpha value is -2.12. The van der Waals surface area contributed by atoms with Crippen LogP contribution in [0.4, 0.5) is 0 Å². The average Bonchev–Trinajstić information content (AvgIpc) is 2.54. The fourth-order valence-electron chi connectivity index (χ4n) is 2.19. The zero-order valence-corrected chi connectivity index (χ0v) is 13.3. The van der Waals surface area contributed by atoms with E-state index >= 15 is 0 Å². The van der Waals surface area contributed by atoms with Crippen LogP contribution in [-0.2, 0) is 19.1 Å². The van der Waals surface area contributed by atoms with E-state index in [1.54, 1.807) is 6.92 Å². The molecule has 0 aliphatic carbocycles. The van der Waals surface area contributed by atoms with Crippen molar-refractivity contribution < 1.29 is 39.5 Å². The Bertz CT molecular complexity index is 549. The van der Waals surface area contributed by atoms with Gasteiger partial charge in [-0.15, -0.1) is 5.92 Å². The Morgan fingerprint density at radius 2 is 2.12 bits per heavy atom. The maximum atomic E-state index is 11.4. The lowest BCUT2D eigenvalue weighted by molar-refractivity contribution is -0.151. The number of aliphatic carboxylic acids is 1. The predicted molar refractivity (Wildman–Crippen MR) is 80.5 cm³/mol. The number of amides is 1. The Morgan fingerprint density at radius 3 is 2.62 bits per heavy atom. The van der Waals surface area contributed by atoms with Gasteiger partial charge in [0.2, 0.25) is 11.7 Å². The van der Waals surface area contributed by atoms with Gasteiger partial charge >= 0.3 is 5.97 Å². The molecule has 134 valence electrons. The van der Waals surface area contributed by atoms with Crippen molar-refractivity contribution in [3.8, 4) is 11.8 Å². The summed E-state index contributed by atoms with van der Waals surface area (Å²) in [7, 11) is 0. The molecule has 1 aliphatic heterocycles. The summed E-state index contributed by atoms with van der Waals surface area (Å²) in [6.45, 7) is 2.02. The van der Waals surface area contributed by atoms with E-state index in [2.05, 4.69) is 17.2 Å². The smallest absolute Gasteiger partial charge is 0.370 e. The molecule has 1 rings (SSSR count). The minimum absolute atomic E-state index is 0.0357. The van der Waals surface area contributed by atoms with Gasteiger partial charge < -0.3 is 35.2 Å². The van der Waals surface area contributed by atoms with Gasteiger partial charge in [0, 0.05) is 6.92 Å². The van der Waals surface area contributed by atoms with E-state index in [0.717, 1.165) is 6.08 Å². The second-order valence-corrected chi connectivity index (χ2v) is 5.09. The normalized spacial score (nSPS) is 25.4. The Morgan fingerprint density at radius 1 is 1.46 bits per heavy atom. The molecule has 0 aromatic rings. The van der Waals surface area contributed by atoms with Crippen molar-refractivity contribution in [3.63, 3.8) is 0 Å². The molecule has 24 heavy (non-hydrogen) atoms. The minimum atomic E-state index is -1.65. The van der Waals surface area contributed by atoms with Crippen molar-refractivity contribution in [1.82, 2.24) is 5.32 Å². The number of nitrogens with one attached hydrogen (secondary N) is 1. The number of hydrogen-bond acceptors (Lipinski definition) is 7. The molecular weight excluding hydrogens is 322 g/mol. The lowest BCUT2D eigenvalue weighted by Crippen LogP contribution is -2.60. The average molecular weight is 343 g/mol. The van der Waals surface area contributed by atoms with Gasteiger partial charge in [-0.05, 0) is 13.0 Å². The monoisotopic (exact) mass is 343 g/mol. The van der Waals surface area contributed by atoms with Crippen LogP contribution in [-0.4, -0.2) is 76.0 Å². The number of hydrogen-bond donors (Lipinski definition) is 5. The van der Waals surface area contributed by atoms with E-state index in [-0.39, 0.29) is 6.61 Å². The van der Waals surface area contributed by atoms with E-state index in [1.165, 1.54) is 6.92 Å². The summed E-state index contributed by atoms with van der Waals surface area (Å²) in [4.78, 5) is 22.6. The quantitative estimate of drug-likeness (QED) is 0.333. The maximum Gasteiger partial charge on any atom is 0.370 e. The first-order valence-corrected chi connectivity index (χ1v) is 7.18. The van der Waals surface area contributed by atoms with E-state index < -0.39 is 54.7 Å². The van der Waals surface area contributed by atoms with E-state index in [9.17, 15) is 19.8 Å². The highest BCUT2D eigenvalue weighted by Gasteiger charge is 2.44. The molecule has 0 spiro atoms. The molecule has 0 saturated carbocycles. The lowest BCUT2D eigenvalue weighted by atomic mass is 9.93. The van der Waals surface area contributed by atoms with Crippen molar-refractivity contribution in [3.05, 3.63) is 11.8 Å². The highest BCUT2D eigenvalue weighted by molar-refractivity contribution is 5.84. The largest absolute Gasteiger partial charge is 0.478 e. The SMILES string of the molecule is CC#CCO[C@H]1C=C(C(=O)O)O[C@@H]([C@H](O)[C@H](O)CO)[C@@H]1NC(C)=O.